The van der Waals surface area contributed by atoms with E-state index in [0.29, 0.717) is 16.5 Å². The van der Waals surface area contributed by atoms with Crippen molar-refractivity contribution in [3.63, 3.8) is 0 Å². The van der Waals surface area contributed by atoms with E-state index in [1.165, 1.54) is 6.07 Å². The number of rotatable bonds is 3. The number of aromatic amines is 1. The maximum atomic E-state index is 11.4. The summed E-state index contributed by atoms with van der Waals surface area (Å²) >= 11 is 0. The Morgan fingerprint density at radius 3 is 2.64 bits per heavy atom. The third-order valence-corrected chi connectivity index (χ3v) is 3.49. The number of carboxylic acids is 1. The van der Waals surface area contributed by atoms with Crippen LogP contribution in [-0.2, 0) is 11.2 Å². The van der Waals surface area contributed by atoms with Crippen molar-refractivity contribution in [3.8, 4) is 16.9 Å². The SMILES string of the molecule is O=C(O)Cc1ccccc1-c1ccc2[nH]c(=O)c(O)cc2c1. The first-order valence-electron chi connectivity index (χ1n) is 6.71. The van der Waals surface area contributed by atoms with Crippen LogP contribution in [0.2, 0.25) is 0 Å². The Morgan fingerprint density at radius 1 is 1.09 bits per heavy atom. The molecule has 0 aliphatic carbocycles. The third-order valence-electron chi connectivity index (χ3n) is 3.49. The molecule has 0 spiro atoms. The van der Waals surface area contributed by atoms with E-state index < -0.39 is 11.5 Å². The highest BCUT2D eigenvalue weighted by molar-refractivity contribution is 5.86. The zero-order valence-corrected chi connectivity index (χ0v) is 11.5. The number of aromatic hydroxyl groups is 1. The Bertz CT molecular complexity index is 927. The number of hydrogen-bond acceptors (Lipinski definition) is 3. The molecule has 0 bridgehead atoms. The molecular weight excluding hydrogens is 282 g/mol. The Hall–Kier alpha value is -3.08. The molecular formula is C17H13NO4. The molecule has 2 aromatic carbocycles. The molecule has 0 amide bonds. The van der Waals surface area contributed by atoms with Gasteiger partial charge < -0.3 is 15.2 Å². The van der Waals surface area contributed by atoms with Crippen molar-refractivity contribution in [1.82, 2.24) is 4.98 Å². The Balaban J connectivity index is 2.17. The molecule has 1 heterocycles. The van der Waals surface area contributed by atoms with Gasteiger partial charge in [-0.2, -0.15) is 0 Å². The van der Waals surface area contributed by atoms with Crippen LogP contribution in [0.3, 0.4) is 0 Å². The first-order chi connectivity index (χ1) is 10.5. The zero-order chi connectivity index (χ0) is 15.7. The number of carbonyl (C=O) groups is 1. The van der Waals surface area contributed by atoms with E-state index in [9.17, 15) is 14.7 Å². The molecule has 0 radical (unpaired) electrons. The molecule has 22 heavy (non-hydrogen) atoms. The molecule has 0 saturated carbocycles. The quantitative estimate of drug-likeness (QED) is 0.692. The number of pyridine rings is 1. The van der Waals surface area contributed by atoms with E-state index in [4.69, 9.17) is 5.11 Å². The highest BCUT2D eigenvalue weighted by Crippen LogP contribution is 2.27. The summed E-state index contributed by atoms with van der Waals surface area (Å²) in [6.07, 6.45) is -0.0644. The second-order valence-corrected chi connectivity index (χ2v) is 5.01. The van der Waals surface area contributed by atoms with Gasteiger partial charge in [0.25, 0.3) is 5.56 Å². The normalized spacial score (nSPS) is 10.7. The fourth-order valence-electron chi connectivity index (χ4n) is 2.48. The predicted molar refractivity (Wildman–Crippen MR) is 83.0 cm³/mol. The molecule has 0 fully saturated rings. The van der Waals surface area contributed by atoms with Gasteiger partial charge in [0.05, 0.1) is 6.42 Å². The van der Waals surface area contributed by atoms with Gasteiger partial charge in [-0.25, -0.2) is 0 Å². The lowest BCUT2D eigenvalue weighted by molar-refractivity contribution is -0.136. The summed E-state index contributed by atoms with van der Waals surface area (Å²) in [4.78, 5) is 25.0. The average Bonchev–Trinajstić information content (AvgIpc) is 2.48. The molecule has 0 unspecified atom stereocenters. The summed E-state index contributed by atoms with van der Waals surface area (Å²) in [6.45, 7) is 0. The average molecular weight is 295 g/mol. The van der Waals surface area contributed by atoms with E-state index in [2.05, 4.69) is 4.98 Å². The van der Waals surface area contributed by atoms with E-state index in [0.717, 1.165) is 11.1 Å². The van der Waals surface area contributed by atoms with Crippen LogP contribution in [0.4, 0.5) is 0 Å². The van der Waals surface area contributed by atoms with E-state index in [1.54, 1.807) is 18.2 Å². The summed E-state index contributed by atoms with van der Waals surface area (Å²) in [6, 6.07) is 14.0. The summed E-state index contributed by atoms with van der Waals surface area (Å²) in [7, 11) is 0. The Labute approximate surface area is 125 Å². The van der Waals surface area contributed by atoms with Crippen molar-refractivity contribution in [2.45, 2.75) is 6.42 Å². The molecule has 110 valence electrons. The van der Waals surface area contributed by atoms with Crippen LogP contribution < -0.4 is 5.56 Å². The molecule has 0 aliphatic rings. The van der Waals surface area contributed by atoms with Crippen LogP contribution in [0.15, 0.2) is 53.3 Å². The minimum atomic E-state index is -0.893. The third kappa shape index (κ3) is 2.56. The monoisotopic (exact) mass is 295 g/mol. The van der Waals surface area contributed by atoms with Crippen molar-refractivity contribution >= 4 is 16.9 Å². The first-order valence-corrected chi connectivity index (χ1v) is 6.71. The number of nitrogens with one attached hydrogen (secondary N) is 1. The molecule has 3 rings (SSSR count). The van der Waals surface area contributed by atoms with Crippen LogP contribution in [0.25, 0.3) is 22.0 Å². The van der Waals surface area contributed by atoms with Gasteiger partial charge in [-0.3, -0.25) is 9.59 Å². The minimum absolute atomic E-state index is 0.0644. The van der Waals surface area contributed by atoms with Crippen LogP contribution >= 0.6 is 0 Å². The second-order valence-electron chi connectivity index (χ2n) is 5.01. The maximum Gasteiger partial charge on any atom is 0.307 e. The van der Waals surface area contributed by atoms with Crippen molar-refractivity contribution < 1.29 is 15.0 Å². The van der Waals surface area contributed by atoms with Crippen LogP contribution in [0.5, 0.6) is 5.75 Å². The van der Waals surface area contributed by atoms with Crippen LogP contribution in [0, 0.1) is 0 Å². The molecule has 3 N–H and O–H groups in total. The largest absolute Gasteiger partial charge is 0.503 e. The van der Waals surface area contributed by atoms with E-state index in [1.807, 2.05) is 24.3 Å². The van der Waals surface area contributed by atoms with Crippen molar-refractivity contribution in [1.29, 1.82) is 0 Å². The number of aliphatic carboxylic acids is 1. The van der Waals surface area contributed by atoms with Gasteiger partial charge in [-0.15, -0.1) is 0 Å². The molecule has 0 atom stereocenters. The summed E-state index contributed by atoms with van der Waals surface area (Å²) in [5.41, 5.74) is 2.44. The van der Waals surface area contributed by atoms with Gasteiger partial charge in [0.2, 0.25) is 0 Å². The molecule has 5 heteroatoms. The zero-order valence-electron chi connectivity index (χ0n) is 11.5. The molecule has 1 aromatic heterocycles. The van der Waals surface area contributed by atoms with Gasteiger partial charge in [-0.05, 0) is 34.9 Å². The number of benzene rings is 2. The molecule has 0 aliphatic heterocycles. The maximum absolute atomic E-state index is 11.4. The topological polar surface area (TPSA) is 90.4 Å². The van der Waals surface area contributed by atoms with Crippen LogP contribution in [-0.4, -0.2) is 21.2 Å². The smallest absolute Gasteiger partial charge is 0.307 e. The summed E-state index contributed by atoms with van der Waals surface area (Å²) < 4.78 is 0. The van der Waals surface area contributed by atoms with Crippen molar-refractivity contribution in [3.05, 3.63) is 64.4 Å². The highest BCUT2D eigenvalue weighted by atomic mass is 16.4. The Kier molecular flexibility index (Phi) is 3.39. The van der Waals surface area contributed by atoms with Crippen LogP contribution in [0.1, 0.15) is 5.56 Å². The summed E-state index contributed by atoms with van der Waals surface area (Å²) in [5, 5.41) is 19.2. The van der Waals surface area contributed by atoms with Gasteiger partial charge in [0.1, 0.15) is 0 Å². The standard InChI is InChI=1S/C17H13NO4/c19-15-8-12-7-11(5-6-14(12)18-17(15)22)13-4-2-1-3-10(13)9-16(20)21/h1-8,19H,9H2,(H,18,22)(H,20,21). The number of hydrogen-bond donors (Lipinski definition) is 3. The highest BCUT2D eigenvalue weighted by Gasteiger charge is 2.09. The van der Waals surface area contributed by atoms with Crippen molar-refractivity contribution in [2.24, 2.45) is 0 Å². The second kappa shape index (κ2) is 5.37. The van der Waals surface area contributed by atoms with E-state index >= 15 is 0 Å². The van der Waals surface area contributed by atoms with E-state index in [-0.39, 0.29) is 12.2 Å². The predicted octanol–water partition coefficient (Wildman–Crippen LogP) is 2.53. The van der Waals surface area contributed by atoms with Gasteiger partial charge in [0.15, 0.2) is 5.75 Å². The lowest BCUT2D eigenvalue weighted by Gasteiger charge is -2.09. The van der Waals surface area contributed by atoms with Gasteiger partial charge in [-0.1, -0.05) is 30.3 Å². The van der Waals surface area contributed by atoms with Gasteiger partial charge >= 0.3 is 5.97 Å². The first kappa shape index (κ1) is 13.9. The number of carboxylic acid groups (broad SMARTS) is 1. The number of aromatic nitrogens is 1. The van der Waals surface area contributed by atoms with Crippen molar-refractivity contribution in [2.75, 3.05) is 0 Å². The minimum Gasteiger partial charge on any atom is -0.503 e. The lowest BCUT2D eigenvalue weighted by Crippen LogP contribution is -2.04. The molecule has 0 saturated heterocycles. The molecule has 3 aromatic rings. The number of fused-ring (bicyclic) bond motifs is 1. The number of H-pyrrole nitrogens is 1. The fourth-order valence-corrected chi connectivity index (χ4v) is 2.48. The van der Waals surface area contributed by atoms with Gasteiger partial charge in [0, 0.05) is 10.9 Å². The summed E-state index contributed by atoms with van der Waals surface area (Å²) in [5.74, 6) is -1.24. The Morgan fingerprint density at radius 2 is 1.86 bits per heavy atom. The molecule has 5 nitrogen and oxygen atoms in total. The fraction of sp³-hybridized carbons (Fsp3) is 0.0588. The lowest BCUT2D eigenvalue weighted by atomic mass is 9.96.